The Labute approximate surface area is 93.1 Å². The van der Waals surface area contributed by atoms with Gasteiger partial charge in [0, 0.05) is 6.20 Å². The van der Waals surface area contributed by atoms with Gasteiger partial charge in [-0.3, -0.25) is 4.79 Å². The summed E-state index contributed by atoms with van der Waals surface area (Å²) >= 11 is 1.87. The van der Waals surface area contributed by atoms with Crippen LogP contribution < -0.4 is 5.32 Å². The van der Waals surface area contributed by atoms with Gasteiger partial charge in [-0.05, 0) is 16.2 Å². The lowest BCUT2D eigenvalue weighted by Gasteiger charge is -2.02. The summed E-state index contributed by atoms with van der Waals surface area (Å²) in [7, 11) is 0. The zero-order valence-corrected chi connectivity index (χ0v) is 9.09. The van der Waals surface area contributed by atoms with Crippen LogP contribution >= 0.6 is 22.6 Å². The van der Waals surface area contributed by atoms with Crippen LogP contribution in [0.3, 0.4) is 0 Å². The Bertz CT molecular complexity index is 359. The normalized spacial score (nSPS) is 10.5. The van der Waals surface area contributed by atoms with E-state index in [4.69, 9.17) is 0 Å². The van der Waals surface area contributed by atoms with Crippen LogP contribution in [0, 0.1) is 11.6 Å². The summed E-state index contributed by atoms with van der Waals surface area (Å²) in [5.74, 6) is -2.54. The van der Waals surface area contributed by atoms with Crippen LogP contribution in [0.5, 0.6) is 0 Å². The van der Waals surface area contributed by atoms with E-state index in [0.29, 0.717) is 0 Å². The molecule has 0 fully saturated rings. The summed E-state index contributed by atoms with van der Waals surface area (Å²) < 4.78 is 27.5. The molecule has 1 N–H and O–H groups in total. The Hall–Kier alpha value is -0.980. The van der Waals surface area contributed by atoms with Gasteiger partial charge >= 0.3 is 0 Å². The number of benzene rings is 1. The number of halogens is 3. The molecule has 0 aliphatic heterocycles. The van der Waals surface area contributed by atoms with E-state index in [1.54, 1.807) is 0 Å². The average Bonchev–Trinajstić information content (AvgIpc) is 2.14. The first-order valence-corrected chi connectivity index (χ1v) is 4.91. The first kappa shape index (κ1) is 11.1. The van der Waals surface area contributed by atoms with Crippen molar-refractivity contribution in [3.8, 4) is 0 Å². The van der Waals surface area contributed by atoms with E-state index in [-0.39, 0.29) is 0 Å². The number of amides is 1. The molecule has 0 spiro atoms. The summed E-state index contributed by atoms with van der Waals surface area (Å²) in [6.45, 7) is 0. The summed E-state index contributed by atoms with van der Waals surface area (Å²) in [5, 5.41) is 2.22. The van der Waals surface area contributed by atoms with E-state index in [1.807, 2.05) is 22.6 Å². The minimum atomic E-state index is -0.871. The molecule has 0 radical (unpaired) electrons. The van der Waals surface area contributed by atoms with E-state index in [1.165, 1.54) is 16.3 Å². The number of carbonyl (C=O) groups excluding carboxylic acids is 1. The van der Waals surface area contributed by atoms with Gasteiger partial charge in [-0.2, -0.15) is 0 Å². The molecule has 0 atom stereocenters. The zero-order valence-electron chi connectivity index (χ0n) is 6.93. The fourth-order valence-corrected chi connectivity index (χ4v) is 1.07. The van der Waals surface area contributed by atoms with E-state index < -0.39 is 23.1 Å². The van der Waals surface area contributed by atoms with Crippen molar-refractivity contribution in [2.75, 3.05) is 0 Å². The summed E-state index contributed by atoms with van der Waals surface area (Å²) in [4.78, 5) is 11.2. The fraction of sp³-hybridized carbons (Fsp3) is 0. The third-order valence-corrected chi connectivity index (χ3v) is 1.83. The Kier molecular flexibility index (Phi) is 3.99. The van der Waals surface area contributed by atoms with Crippen molar-refractivity contribution >= 4 is 28.5 Å². The largest absolute Gasteiger partial charge is 0.328 e. The van der Waals surface area contributed by atoms with Crippen LogP contribution in [0.1, 0.15) is 10.4 Å². The van der Waals surface area contributed by atoms with Crippen LogP contribution in [-0.4, -0.2) is 5.91 Å². The van der Waals surface area contributed by atoms with Gasteiger partial charge in [-0.15, -0.1) is 0 Å². The number of rotatable bonds is 2. The summed E-state index contributed by atoms with van der Waals surface area (Å²) in [5.41, 5.74) is -0.568. The second-order valence-corrected chi connectivity index (χ2v) is 3.08. The molecule has 0 unspecified atom stereocenters. The third-order valence-electron chi connectivity index (χ3n) is 1.47. The van der Waals surface area contributed by atoms with Gasteiger partial charge in [0.25, 0.3) is 5.91 Å². The number of carbonyl (C=O) groups is 1. The molecule has 74 valence electrons. The maximum atomic E-state index is 13.0. The Morgan fingerprint density at radius 2 is 1.93 bits per heavy atom. The minimum absolute atomic E-state index is 0.568. The first-order valence-electron chi connectivity index (χ1n) is 3.67. The smallest absolute Gasteiger partial charge is 0.261 e. The topological polar surface area (TPSA) is 29.1 Å². The van der Waals surface area contributed by atoms with Crippen molar-refractivity contribution in [3.05, 3.63) is 45.7 Å². The van der Waals surface area contributed by atoms with Gasteiger partial charge in [0.2, 0.25) is 0 Å². The molecule has 0 heterocycles. The van der Waals surface area contributed by atoms with Crippen molar-refractivity contribution in [2.24, 2.45) is 0 Å². The quantitative estimate of drug-likeness (QED) is 0.836. The molecule has 0 aliphatic carbocycles. The highest BCUT2D eigenvalue weighted by Gasteiger charge is 2.15. The lowest BCUT2D eigenvalue weighted by atomic mass is 10.2. The predicted molar refractivity (Wildman–Crippen MR) is 57.0 cm³/mol. The zero-order chi connectivity index (χ0) is 10.6. The maximum absolute atomic E-state index is 13.0. The Morgan fingerprint density at radius 1 is 1.36 bits per heavy atom. The fourth-order valence-electron chi connectivity index (χ4n) is 0.894. The molecule has 14 heavy (non-hydrogen) atoms. The van der Waals surface area contributed by atoms with Crippen molar-refractivity contribution in [1.82, 2.24) is 5.32 Å². The Morgan fingerprint density at radius 3 is 2.43 bits per heavy atom. The second kappa shape index (κ2) is 5.04. The summed E-state index contributed by atoms with van der Waals surface area (Å²) in [6.07, 6.45) is 1.30. The van der Waals surface area contributed by atoms with Gasteiger partial charge in [0.05, 0.1) is 0 Å². The predicted octanol–water partition coefficient (Wildman–Crippen LogP) is 2.60. The number of hydrogen-bond acceptors (Lipinski definition) is 1. The minimum Gasteiger partial charge on any atom is -0.328 e. The van der Waals surface area contributed by atoms with Crippen molar-refractivity contribution < 1.29 is 13.6 Å². The van der Waals surface area contributed by atoms with Gasteiger partial charge in [-0.25, -0.2) is 8.78 Å². The van der Waals surface area contributed by atoms with Crippen LogP contribution in [-0.2, 0) is 0 Å². The highest BCUT2D eigenvalue weighted by molar-refractivity contribution is 14.1. The molecular weight excluding hydrogens is 303 g/mol. The standard InChI is InChI=1S/C9H6F2INO/c10-6-2-1-3-7(11)8(6)9(14)13-5-4-12/h1-5H,(H,13,14)/b5-4-. The molecule has 0 bridgehead atoms. The van der Waals surface area contributed by atoms with Crippen LogP contribution in [0.2, 0.25) is 0 Å². The van der Waals surface area contributed by atoms with E-state index in [2.05, 4.69) is 5.32 Å². The van der Waals surface area contributed by atoms with Crippen LogP contribution in [0.4, 0.5) is 8.78 Å². The second-order valence-electron chi connectivity index (χ2n) is 2.36. The van der Waals surface area contributed by atoms with Gasteiger partial charge < -0.3 is 5.32 Å². The molecular formula is C9H6F2INO. The van der Waals surface area contributed by atoms with Crippen LogP contribution in [0.25, 0.3) is 0 Å². The van der Waals surface area contributed by atoms with Crippen molar-refractivity contribution in [2.45, 2.75) is 0 Å². The van der Waals surface area contributed by atoms with Crippen molar-refractivity contribution in [3.63, 3.8) is 0 Å². The molecule has 0 aromatic heterocycles. The third kappa shape index (κ3) is 2.50. The molecule has 5 heteroatoms. The van der Waals surface area contributed by atoms with E-state index >= 15 is 0 Å². The van der Waals surface area contributed by atoms with Gasteiger partial charge in [0.1, 0.15) is 17.2 Å². The lowest BCUT2D eigenvalue weighted by molar-refractivity contribution is 0.0962. The van der Waals surface area contributed by atoms with Gasteiger partial charge in [-0.1, -0.05) is 28.7 Å². The highest BCUT2D eigenvalue weighted by Crippen LogP contribution is 2.11. The highest BCUT2D eigenvalue weighted by atomic mass is 127. The maximum Gasteiger partial charge on any atom is 0.261 e. The molecule has 2 nitrogen and oxygen atoms in total. The molecule has 1 aromatic carbocycles. The monoisotopic (exact) mass is 309 g/mol. The summed E-state index contributed by atoms with van der Waals surface area (Å²) in [6, 6.07) is 3.27. The molecule has 1 rings (SSSR count). The lowest BCUT2D eigenvalue weighted by Crippen LogP contribution is -2.19. The van der Waals surface area contributed by atoms with Gasteiger partial charge in [0.15, 0.2) is 0 Å². The van der Waals surface area contributed by atoms with E-state index in [9.17, 15) is 13.6 Å². The average molecular weight is 309 g/mol. The molecule has 1 aromatic rings. The Balaban J connectivity index is 3.00. The molecule has 1 amide bonds. The van der Waals surface area contributed by atoms with Crippen molar-refractivity contribution in [1.29, 1.82) is 0 Å². The van der Waals surface area contributed by atoms with E-state index in [0.717, 1.165) is 12.1 Å². The number of nitrogens with one attached hydrogen (secondary N) is 1. The molecule has 0 saturated heterocycles. The van der Waals surface area contributed by atoms with Crippen LogP contribution in [0.15, 0.2) is 28.5 Å². The SMILES string of the molecule is O=C(N/C=C\I)c1c(F)cccc1F. The molecule has 0 saturated carbocycles. The first-order chi connectivity index (χ1) is 6.66. The molecule has 0 aliphatic rings. The number of hydrogen-bond donors (Lipinski definition) is 1.